The molecule has 1 aliphatic carbocycles. The van der Waals surface area contributed by atoms with Gasteiger partial charge in [0.05, 0.1) is 13.2 Å². The monoisotopic (exact) mass is 200 g/mol. The maximum atomic E-state index is 11.1. The van der Waals surface area contributed by atoms with Gasteiger partial charge in [0.2, 0.25) is 0 Å². The Morgan fingerprint density at radius 2 is 2.14 bits per heavy atom. The van der Waals surface area contributed by atoms with Crippen LogP contribution in [0.15, 0.2) is 0 Å². The number of carbonyl (C=O) groups is 1. The lowest BCUT2D eigenvalue weighted by molar-refractivity contribution is -0.158. The van der Waals surface area contributed by atoms with Crippen molar-refractivity contribution in [1.29, 1.82) is 0 Å². The van der Waals surface area contributed by atoms with Gasteiger partial charge in [-0.3, -0.25) is 0 Å². The molecule has 1 rings (SSSR count). The summed E-state index contributed by atoms with van der Waals surface area (Å²) in [5.74, 6) is 0.446. The smallest absolute Gasteiger partial charge is 0.334 e. The van der Waals surface area contributed by atoms with Crippen LogP contribution in [0.4, 0.5) is 0 Å². The summed E-state index contributed by atoms with van der Waals surface area (Å²) in [4.78, 5) is 11.1. The van der Waals surface area contributed by atoms with E-state index in [4.69, 9.17) is 4.74 Å². The summed E-state index contributed by atoms with van der Waals surface area (Å²) in [6.07, 6.45) is 4.46. The lowest BCUT2D eigenvalue weighted by Crippen LogP contribution is -2.30. The van der Waals surface area contributed by atoms with E-state index < -0.39 is 6.10 Å². The topological polar surface area (TPSA) is 35.5 Å². The maximum Gasteiger partial charge on any atom is 0.334 e. The van der Waals surface area contributed by atoms with Gasteiger partial charge in [-0.2, -0.15) is 0 Å². The summed E-state index contributed by atoms with van der Waals surface area (Å²) in [6.45, 7) is 3.99. The van der Waals surface area contributed by atoms with Crippen LogP contribution in [0.2, 0.25) is 0 Å². The van der Waals surface area contributed by atoms with Crippen molar-refractivity contribution in [3.05, 3.63) is 0 Å². The van der Waals surface area contributed by atoms with Gasteiger partial charge in [-0.25, -0.2) is 4.79 Å². The fourth-order valence-electron chi connectivity index (χ4n) is 2.01. The molecule has 3 heteroatoms. The zero-order valence-corrected chi connectivity index (χ0v) is 9.29. The minimum Gasteiger partial charge on any atom is -0.467 e. The Labute approximate surface area is 85.8 Å². The summed E-state index contributed by atoms with van der Waals surface area (Å²) in [7, 11) is 1.39. The largest absolute Gasteiger partial charge is 0.467 e. The first kappa shape index (κ1) is 11.5. The average molecular weight is 200 g/mol. The minimum absolute atomic E-state index is 0.243. The van der Waals surface area contributed by atoms with Gasteiger partial charge in [0, 0.05) is 0 Å². The second-order valence-corrected chi connectivity index (χ2v) is 4.20. The van der Waals surface area contributed by atoms with Gasteiger partial charge in [-0.15, -0.1) is 0 Å². The zero-order valence-electron chi connectivity index (χ0n) is 9.29. The van der Waals surface area contributed by atoms with E-state index >= 15 is 0 Å². The molecule has 0 aromatic carbocycles. The fourth-order valence-corrected chi connectivity index (χ4v) is 2.01. The van der Waals surface area contributed by atoms with Gasteiger partial charge in [0.1, 0.15) is 0 Å². The van der Waals surface area contributed by atoms with Crippen molar-refractivity contribution in [2.75, 3.05) is 7.11 Å². The van der Waals surface area contributed by atoms with E-state index in [1.807, 2.05) is 0 Å². The zero-order chi connectivity index (χ0) is 10.6. The van der Waals surface area contributed by atoms with E-state index in [2.05, 4.69) is 11.7 Å². The highest BCUT2D eigenvalue weighted by atomic mass is 16.6. The molecule has 1 saturated carbocycles. The average Bonchev–Trinajstić information content (AvgIpc) is 2.16. The Balaban J connectivity index is 2.32. The van der Waals surface area contributed by atoms with E-state index in [1.165, 1.54) is 20.0 Å². The van der Waals surface area contributed by atoms with Gasteiger partial charge in [0.25, 0.3) is 0 Å². The Hall–Kier alpha value is -0.570. The van der Waals surface area contributed by atoms with E-state index in [0.717, 1.165) is 18.8 Å². The van der Waals surface area contributed by atoms with Gasteiger partial charge < -0.3 is 9.47 Å². The Bertz CT molecular complexity index is 191. The van der Waals surface area contributed by atoms with Gasteiger partial charge >= 0.3 is 5.97 Å². The molecular weight excluding hydrogens is 180 g/mol. The normalized spacial score (nSPS) is 29.6. The molecule has 0 radical (unpaired) electrons. The molecule has 0 spiro atoms. The van der Waals surface area contributed by atoms with E-state index in [-0.39, 0.29) is 12.1 Å². The van der Waals surface area contributed by atoms with Crippen LogP contribution < -0.4 is 0 Å². The molecule has 1 aliphatic rings. The van der Waals surface area contributed by atoms with Crippen LogP contribution in [0, 0.1) is 5.92 Å². The highest BCUT2D eigenvalue weighted by molar-refractivity contribution is 5.73. The molecule has 0 bridgehead atoms. The molecule has 0 heterocycles. The molecular formula is C11H20O3. The van der Waals surface area contributed by atoms with Crippen LogP contribution in [-0.4, -0.2) is 25.3 Å². The quantitative estimate of drug-likeness (QED) is 0.655. The van der Waals surface area contributed by atoms with Gasteiger partial charge in [-0.05, 0) is 25.7 Å². The minimum atomic E-state index is -0.421. The number of carbonyl (C=O) groups excluding carboxylic acids is 1. The van der Waals surface area contributed by atoms with Crippen LogP contribution in [-0.2, 0) is 14.3 Å². The molecule has 2 unspecified atom stereocenters. The van der Waals surface area contributed by atoms with E-state index in [0.29, 0.717) is 0 Å². The molecule has 3 nitrogen and oxygen atoms in total. The predicted molar refractivity (Wildman–Crippen MR) is 54.0 cm³/mol. The molecule has 14 heavy (non-hydrogen) atoms. The number of esters is 1. The van der Waals surface area contributed by atoms with Crippen LogP contribution >= 0.6 is 0 Å². The fraction of sp³-hybridized carbons (Fsp3) is 0.909. The summed E-state index contributed by atoms with van der Waals surface area (Å²) in [6, 6.07) is 0. The standard InChI is InChI=1S/C11H20O3/c1-8-5-4-6-10(7-8)14-9(2)11(12)13-3/h8-10H,4-7H2,1-3H3/t8?,9-,10?/m0/s1. The second-order valence-electron chi connectivity index (χ2n) is 4.20. The first-order valence-electron chi connectivity index (χ1n) is 5.36. The van der Waals surface area contributed by atoms with E-state index in [1.54, 1.807) is 6.92 Å². The number of hydrogen-bond donors (Lipinski definition) is 0. The third-order valence-corrected chi connectivity index (χ3v) is 2.82. The van der Waals surface area contributed by atoms with Crippen molar-refractivity contribution in [3.8, 4) is 0 Å². The Kier molecular flexibility index (Phi) is 4.39. The number of hydrogen-bond acceptors (Lipinski definition) is 3. The lowest BCUT2D eigenvalue weighted by Gasteiger charge is -2.28. The van der Waals surface area contributed by atoms with Crippen molar-refractivity contribution in [2.45, 2.75) is 51.7 Å². The second kappa shape index (κ2) is 5.35. The highest BCUT2D eigenvalue weighted by Crippen LogP contribution is 2.26. The van der Waals surface area contributed by atoms with Crippen molar-refractivity contribution >= 4 is 5.97 Å². The molecule has 0 aromatic heterocycles. The Morgan fingerprint density at radius 3 is 2.71 bits per heavy atom. The highest BCUT2D eigenvalue weighted by Gasteiger charge is 2.24. The molecule has 0 aliphatic heterocycles. The van der Waals surface area contributed by atoms with Crippen molar-refractivity contribution in [3.63, 3.8) is 0 Å². The number of methoxy groups -OCH3 is 1. The number of ether oxygens (including phenoxy) is 2. The molecule has 82 valence electrons. The molecule has 0 N–H and O–H groups in total. The Morgan fingerprint density at radius 1 is 1.43 bits per heavy atom. The molecule has 0 aromatic rings. The summed E-state index contributed by atoms with van der Waals surface area (Å²) < 4.78 is 10.3. The molecule has 3 atom stereocenters. The number of rotatable bonds is 3. The van der Waals surface area contributed by atoms with Crippen molar-refractivity contribution in [2.24, 2.45) is 5.92 Å². The molecule has 1 fully saturated rings. The van der Waals surface area contributed by atoms with Crippen LogP contribution in [0.25, 0.3) is 0 Å². The lowest BCUT2D eigenvalue weighted by atomic mass is 9.88. The first-order chi connectivity index (χ1) is 6.63. The summed E-state index contributed by atoms with van der Waals surface area (Å²) in [5.41, 5.74) is 0. The predicted octanol–water partition coefficient (Wildman–Crippen LogP) is 2.14. The van der Waals surface area contributed by atoms with Crippen LogP contribution in [0.1, 0.15) is 39.5 Å². The van der Waals surface area contributed by atoms with Gasteiger partial charge in [0.15, 0.2) is 6.10 Å². The van der Waals surface area contributed by atoms with Crippen LogP contribution in [0.5, 0.6) is 0 Å². The summed E-state index contributed by atoms with van der Waals surface area (Å²) >= 11 is 0. The van der Waals surface area contributed by atoms with Crippen molar-refractivity contribution < 1.29 is 14.3 Å². The van der Waals surface area contributed by atoms with E-state index in [9.17, 15) is 4.79 Å². The first-order valence-corrected chi connectivity index (χ1v) is 5.36. The summed E-state index contributed by atoms with van der Waals surface area (Å²) in [5, 5.41) is 0. The van der Waals surface area contributed by atoms with Crippen LogP contribution in [0.3, 0.4) is 0 Å². The third-order valence-electron chi connectivity index (χ3n) is 2.82. The molecule has 0 amide bonds. The van der Waals surface area contributed by atoms with Crippen molar-refractivity contribution in [1.82, 2.24) is 0 Å². The van der Waals surface area contributed by atoms with Gasteiger partial charge in [-0.1, -0.05) is 19.8 Å². The molecule has 0 saturated heterocycles. The third kappa shape index (κ3) is 3.29. The maximum absolute atomic E-state index is 11.1. The SMILES string of the molecule is COC(=O)[C@H](C)OC1CCCC(C)C1.